The Morgan fingerprint density at radius 1 is 1.46 bits per heavy atom. The number of amides is 1. The predicted molar refractivity (Wildman–Crippen MR) is 98.8 cm³/mol. The van der Waals surface area contributed by atoms with Crippen molar-refractivity contribution in [1.82, 2.24) is 14.9 Å². The Balaban J connectivity index is 0.00000338. The molecule has 1 heterocycles. The molecule has 0 radical (unpaired) electrons. The van der Waals surface area contributed by atoms with Crippen LogP contribution in [0.5, 0.6) is 0 Å². The molecule has 1 atom stereocenters. The molecule has 2 N–H and O–H groups in total. The highest BCUT2D eigenvalue weighted by Crippen LogP contribution is 2.20. The summed E-state index contributed by atoms with van der Waals surface area (Å²) in [7, 11) is -2.70. The number of rotatable bonds is 8. The van der Waals surface area contributed by atoms with Gasteiger partial charge in [-0.15, -0.1) is 12.4 Å². The summed E-state index contributed by atoms with van der Waals surface area (Å²) in [6.07, 6.45) is 1.93. The van der Waals surface area contributed by atoms with Crippen LogP contribution < -0.4 is 10.6 Å². The fourth-order valence-corrected chi connectivity index (χ4v) is 3.82. The Morgan fingerprint density at radius 2 is 2.19 bits per heavy atom. The van der Waals surface area contributed by atoms with Crippen molar-refractivity contribution in [3.63, 3.8) is 0 Å². The van der Waals surface area contributed by atoms with Crippen LogP contribution in [0, 0.1) is 16.0 Å². The van der Waals surface area contributed by atoms with Gasteiger partial charge < -0.3 is 10.6 Å². The van der Waals surface area contributed by atoms with E-state index in [1.807, 2.05) is 0 Å². The molecule has 2 rings (SSSR count). The van der Waals surface area contributed by atoms with Crippen molar-refractivity contribution in [2.75, 3.05) is 33.2 Å². The van der Waals surface area contributed by atoms with Gasteiger partial charge in [0.2, 0.25) is 15.9 Å². The second kappa shape index (κ2) is 9.81. The van der Waals surface area contributed by atoms with Crippen LogP contribution in [0.25, 0.3) is 0 Å². The van der Waals surface area contributed by atoms with Gasteiger partial charge in [-0.1, -0.05) is 6.07 Å². The van der Waals surface area contributed by atoms with Gasteiger partial charge >= 0.3 is 0 Å². The number of nitro benzene ring substituents is 1. The highest BCUT2D eigenvalue weighted by molar-refractivity contribution is 7.89. The molecule has 1 aromatic carbocycles. The van der Waals surface area contributed by atoms with E-state index in [9.17, 15) is 23.3 Å². The molecule has 11 heteroatoms. The molecule has 146 valence electrons. The first-order valence-electron chi connectivity index (χ1n) is 7.99. The number of hydrogen-bond acceptors (Lipinski definition) is 6. The maximum absolute atomic E-state index is 12.4. The van der Waals surface area contributed by atoms with E-state index in [1.54, 1.807) is 0 Å². The molecule has 9 nitrogen and oxygen atoms in total. The Kier molecular flexibility index (Phi) is 8.41. The van der Waals surface area contributed by atoms with E-state index < -0.39 is 20.9 Å². The Labute approximate surface area is 158 Å². The maximum Gasteiger partial charge on any atom is 0.270 e. The summed E-state index contributed by atoms with van der Waals surface area (Å²) in [5.41, 5.74) is -0.316. The second-order valence-corrected chi connectivity index (χ2v) is 8.06. The molecule has 1 unspecified atom stereocenters. The van der Waals surface area contributed by atoms with Gasteiger partial charge in [-0.05, 0) is 37.9 Å². The number of nitrogens with zero attached hydrogens (tertiary/aromatic N) is 2. The number of nitrogens with one attached hydrogen (secondary N) is 2. The molecule has 1 amide bonds. The van der Waals surface area contributed by atoms with Crippen LogP contribution in [-0.4, -0.2) is 56.8 Å². The smallest absolute Gasteiger partial charge is 0.270 e. The molecular weight excluding hydrogens is 384 g/mol. The molecule has 0 aromatic heterocycles. The van der Waals surface area contributed by atoms with Crippen molar-refractivity contribution < 1.29 is 18.1 Å². The van der Waals surface area contributed by atoms with E-state index in [-0.39, 0.29) is 29.5 Å². The standard InChI is InChI=1S/C15H22N4O5S.ClH/c1-18(11-15(20)17-8-6-12-5-7-16-10-12)25(23,24)14-4-2-3-13(9-14)19(21)22;/h2-4,9,12,16H,5-8,10-11H2,1H3,(H,17,20);1H. The van der Waals surface area contributed by atoms with Crippen molar-refractivity contribution in [2.24, 2.45) is 5.92 Å². The molecular formula is C15H23ClN4O5S. The number of hydrogen-bond donors (Lipinski definition) is 2. The largest absolute Gasteiger partial charge is 0.355 e. The fourth-order valence-electron chi connectivity index (χ4n) is 2.66. The maximum atomic E-state index is 12.4. The number of carbonyl (C=O) groups excluding carboxylic acids is 1. The van der Waals surface area contributed by atoms with Gasteiger partial charge in [0.05, 0.1) is 16.4 Å². The molecule has 0 spiro atoms. The normalized spacial score (nSPS) is 16.9. The van der Waals surface area contributed by atoms with Crippen molar-refractivity contribution >= 4 is 34.0 Å². The quantitative estimate of drug-likeness (QED) is 0.485. The highest BCUT2D eigenvalue weighted by atomic mass is 35.5. The number of non-ortho nitro benzene ring substituents is 1. The summed E-state index contributed by atoms with van der Waals surface area (Å²) in [5.74, 6) is 0.133. The zero-order valence-corrected chi connectivity index (χ0v) is 16.0. The SMILES string of the molecule is CN(CC(=O)NCCC1CCNC1)S(=O)(=O)c1cccc([N+](=O)[O-])c1.Cl. The van der Waals surface area contributed by atoms with Crippen LogP contribution in [0.4, 0.5) is 5.69 Å². The molecule has 1 fully saturated rings. The van der Waals surface area contributed by atoms with Crippen LogP contribution in [0.2, 0.25) is 0 Å². The number of benzene rings is 1. The average molecular weight is 407 g/mol. The van der Waals surface area contributed by atoms with Crippen molar-refractivity contribution in [2.45, 2.75) is 17.7 Å². The lowest BCUT2D eigenvalue weighted by Crippen LogP contribution is -2.39. The van der Waals surface area contributed by atoms with Crippen LogP contribution in [0.15, 0.2) is 29.2 Å². The van der Waals surface area contributed by atoms with Crippen molar-refractivity contribution in [1.29, 1.82) is 0 Å². The van der Waals surface area contributed by atoms with Gasteiger partial charge in [0, 0.05) is 25.7 Å². The number of halogens is 1. The molecule has 26 heavy (non-hydrogen) atoms. The monoisotopic (exact) mass is 406 g/mol. The third kappa shape index (κ3) is 5.90. The van der Waals surface area contributed by atoms with Gasteiger partial charge in [0.1, 0.15) is 0 Å². The third-order valence-corrected chi connectivity index (χ3v) is 5.94. The molecule has 1 aliphatic rings. The first-order valence-corrected chi connectivity index (χ1v) is 9.43. The lowest BCUT2D eigenvalue weighted by molar-refractivity contribution is -0.385. The lowest BCUT2D eigenvalue weighted by atomic mass is 10.1. The number of nitro groups is 1. The Hall–Kier alpha value is -1.75. The second-order valence-electron chi connectivity index (χ2n) is 6.01. The summed E-state index contributed by atoms with van der Waals surface area (Å²) < 4.78 is 25.8. The fraction of sp³-hybridized carbons (Fsp3) is 0.533. The highest BCUT2D eigenvalue weighted by Gasteiger charge is 2.24. The van der Waals surface area contributed by atoms with Gasteiger partial charge in [-0.3, -0.25) is 14.9 Å². The Morgan fingerprint density at radius 3 is 2.81 bits per heavy atom. The van der Waals surface area contributed by atoms with Gasteiger partial charge in [-0.2, -0.15) is 4.31 Å². The minimum Gasteiger partial charge on any atom is -0.355 e. The molecule has 1 saturated heterocycles. The number of sulfonamides is 1. The number of carbonyl (C=O) groups is 1. The minimum absolute atomic E-state index is 0. The summed E-state index contributed by atoms with van der Waals surface area (Å²) in [4.78, 5) is 21.8. The van der Waals surface area contributed by atoms with Gasteiger partial charge in [0.25, 0.3) is 5.69 Å². The lowest BCUT2D eigenvalue weighted by Gasteiger charge is -2.17. The van der Waals surface area contributed by atoms with Crippen molar-refractivity contribution in [3.05, 3.63) is 34.4 Å². The summed E-state index contributed by atoms with van der Waals surface area (Å²) >= 11 is 0. The van der Waals surface area contributed by atoms with Gasteiger partial charge in [0.15, 0.2) is 0 Å². The van der Waals surface area contributed by atoms with E-state index in [0.717, 1.165) is 36.3 Å². The van der Waals surface area contributed by atoms with E-state index >= 15 is 0 Å². The average Bonchev–Trinajstić information content (AvgIpc) is 3.08. The zero-order chi connectivity index (χ0) is 18.4. The summed E-state index contributed by atoms with van der Waals surface area (Å²) in [6.45, 7) is 2.09. The molecule has 0 bridgehead atoms. The molecule has 0 aliphatic carbocycles. The van der Waals surface area contributed by atoms with E-state index in [4.69, 9.17) is 0 Å². The van der Waals surface area contributed by atoms with E-state index in [1.165, 1.54) is 25.2 Å². The summed E-state index contributed by atoms with van der Waals surface area (Å²) in [6, 6.07) is 4.76. The zero-order valence-electron chi connectivity index (χ0n) is 14.4. The molecule has 0 saturated carbocycles. The predicted octanol–water partition coefficient (Wildman–Crippen LogP) is 0.753. The molecule has 1 aromatic rings. The van der Waals surface area contributed by atoms with Crippen molar-refractivity contribution in [3.8, 4) is 0 Å². The van der Waals surface area contributed by atoms with Gasteiger partial charge in [-0.25, -0.2) is 8.42 Å². The first kappa shape index (κ1) is 22.3. The Bertz CT molecular complexity index is 737. The minimum atomic E-state index is -3.97. The number of likely N-dealkylation sites (N-methyl/N-ethyl adjacent to an activating group) is 1. The summed E-state index contributed by atoms with van der Waals surface area (Å²) in [5, 5.41) is 16.7. The van der Waals surface area contributed by atoms with Crippen LogP contribution in [0.3, 0.4) is 0 Å². The van der Waals surface area contributed by atoms with Crippen LogP contribution in [-0.2, 0) is 14.8 Å². The van der Waals surface area contributed by atoms with E-state index in [0.29, 0.717) is 12.5 Å². The van der Waals surface area contributed by atoms with E-state index in [2.05, 4.69) is 10.6 Å². The topological polar surface area (TPSA) is 122 Å². The first-order chi connectivity index (χ1) is 11.8. The molecule has 1 aliphatic heterocycles. The third-order valence-electron chi connectivity index (χ3n) is 4.14. The van der Waals surface area contributed by atoms with Crippen LogP contribution in [0.1, 0.15) is 12.8 Å². The van der Waals surface area contributed by atoms with Crippen LogP contribution >= 0.6 is 12.4 Å².